The molecule has 0 N–H and O–H groups in total. The molecule has 109 heavy (non-hydrogen) atoms. The van der Waals surface area contributed by atoms with Gasteiger partial charge in [0.25, 0.3) is 6.71 Å². The van der Waals surface area contributed by atoms with Crippen LogP contribution in [0.1, 0.15) is 130 Å². The molecule has 5 heteroatoms. The standard InChI is InChI=1S/C104H91BN4/c1-100(2,3)84-31-21-18-28-79(84)74-40-50-89-95(62-74)106(75-43-34-68(35-44-75)72-38-48-85-87(60-72)103(8,9)56-54-101(85,4)5)97-64-78(109-91-32-22-19-29-80(91)81-30-20-23-33-92(81)109)65-98-99(97)105(89)90-51-47-77(63-96(90)107(98)76-45-36-69(37-46-76)73-39-49-86-88(61-73)104(10,11)57-55-102(86,6)7)108-93-52-41-70(66-24-14-12-15-25-66)58-82(93)83-59-71(42-53-94(83)108)67-26-16-13-17-27-67/h12-53,58-65H,54-57H2,1-11H3. The van der Waals surface area contributed by atoms with Gasteiger partial charge in [0.15, 0.2) is 0 Å². The molecule has 2 aromatic heterocycles. The van der Waals surface area contributed by atoms with Gasteiger partial charge in [-0.3, -0.25) is 0 Å². The molecule has 16 aromatic rings. The second kappa shape index (κ2) is 24.4. The van der Waals surface area contributed by atoms with Gasteiger partial charge in [-0.05, 0) is 244 Å². The summed E-state index contributed by atoms with van der Waals surface area (Å²) in [7, 11) is 0. The maximum Gasteiger partial charge on any atom is 0.252 e. The lowest BCUT2D eigenvalue weighted by Crippen LogP contribution is -2.61. The molecule has 0 radical (unpaired) electrons. The molecule has 0 atom stereocenters. The zero-order valence-corrected chi connectivity index (χ0v) is 64.6. The predicted molar refractivity (Wildman–Crippen MR) is 466 cm³/mol. The smallest absolute Gasteiger partial charge is 0.252 e. The third-order valence-corrected chi connectivity index (χ3v) is 25.8. The summed E-state index contributed by atoms with van der Waals surface area (Å²) in [5.74, 6) is 0. The topological polar surface area (TPSA) is 16.3 Å². The molecule has 14 aromatic carbocycles. The van der Waals surface area contributed by atoms with Crippen molar-refractivity contribution < 1.29 is 0 Å². The van der Waals surface area contributed by atoms with Crippen molar-refractivity contribution in [3.63, 3.8) is 0 Å². The van der Waals surface area contributed by atoms with Crippen LogP contribution in [-0.2, 0) is 27.1 Å². The summed E-state index contributed by atoms with van der Waals surface area (Å²) in [5, 5.41) is 4.89. The predicted octanol–water partition coefficient (Wildman–Crippen LogP) is 26.3. The third kappa shape index (κ3) is 10.7. The average molecular weight is 1410 g/mol. The van der Waals surface area contributed by atoms with E-state index < -0.39 is 0 Å². The number of nitrogens with zero attached hydrogens (tertiary/aromatic N) is 4. The van der Waals surface area contributed by atoms with Crippen LogP contribution in [0.2, 0.25) is 0 Å². The average Bonchev–Trinajstić information content (AvgIpc) is 1.10. The molecule has 0 amide bonds. The zero-order chi connectivity index (χ0) is 74.2. The second-order valence-corrected chi connectivity index (χ2v) is 35.4. The number of anilines is 6. The Labute approximate surface area is 642 Å². The van der Waals surface area contributed by atoms with Crippen molar-refractivity contribution in [2.75, 3.05) is 9.80 Å². The highest BCUT2D eigenvalue weighted by Crippen LogP contribution is 2.53. The van der Waals surface area contributed by atoms with Gasteiger partial charge in [0.05, 0.1) is 27.8 Å². The van der Waals surface area contributed by atoms with E-state index in [2.05, 4.69) is 398 Å². The first-order valence-corrected chi connectivity index (χ1v) is 39.5. The molecule has 4 heterocycles. The Bertz CT molecular complexity index is 6240. The molecule has 0 saturated carbocycles. The lowest BCUT2D eigenvalue weighted by molar-refractivity contribution is 0.332. The van der Waals surface area contributed by atoms with Gasteiger partial charge in [0, 0.05) is 61.4 Å². The van der Waals surface area contributed by atoms with E-state index in [1.807, 2.05) is 0 Å². The number of benzene rings is 14. The van der Waals surface area contributed by atoms with Crippen molar-refractivity contribution in [1.29, 1.82) is 0 Å². The highest BCUT2D eigenvalue weighted by Gasteiger charge is 2.46. The van der Waals surface area contributed by atoms with Gasteiger partial charge in [-0.15, -0.1) is 0 Å². The summed E-state index contributed by atoms with van der Waals surface area (Å²) in [5.41, 5.74) is 37.1. The van der Waals surface area contributed by atoms with Crippen molar-refractivity contribution in [2.45, 2.75) is 129 Å². The number of aromatic nitrogens is 2. The minimum Gasteiger partial charge on any atom is -0.311 e. The molecule has 4 nitrogen and oxygen atoms in total. The largest absolute Gasteiger partial charge is 0.311 e. The number of para-hydroxylation sites is 2. The van der Waals surface area contributed by atoms with Crippen LogP contribution in [0.3, 0.4) is 0 Å². The van der Waals surface area contributed by atoms with E-state index in [0.717, 1.165) is 57.3 Å². The van der Waals surface area contributed by atoms with Crippen LogP contribution in [0.4, 0.5) is 34.1 Å². The van der Waals surface area contributed by atoms with E-state index in [1.165, 1.54) is 157 Å². The molecule has 0 saturated heterocycles. The van der Waals surface area contributed by atoms with Crippen LogP contribution in [0.15, 0.2) is 303 Å². The van der Waals surface area contributed by atoms with Crippen LogP contribution in [0.5, 0.6) is 0 Å². The fourth-order valence-electron chi connectivity index (χ4n) is 19.6. The Morgan fingerprint density at radius 1 is 0.266 bits per heavy atom. The summed E-state index contributed by atoms with van der Waals surface area (Å²) in [6, 6.07) is 117. The Kier molecular flexibility index (Phi) is 15.0. The van der Waals surface area contributed by atoms with E-state index in [4.69, 9.17) is 0 Å². The van der Waals surface area contributed by atoms with Gasteiger partial charge >= 0.3 is 0 Å². The van der Waals surface area contributed by atoms with Crippen LogP contribution >= 0.6 is 0 Å². The number of rotatable bonds is 9. The van der Waals surface area contributed by atoms with Gasteiger partial charge in [-0.25, -0.2) is 0 Å². The Morgan fingerprint density at radius 2 is 0.624 bits per heavy atom. The summed E-state index contributed by atoms with van der Waals surface area (Å²) in [6.07, 6.45) is 4.69. The highest BCUT2D eigenvalue weighted by molar-refractivity contribution is 7.00. The monoisotopic (exact) mass is 1410 g/mol. The van der Waals surface area contributed by atoms with Crippen molar-refractivity contribution >= 4 is 101 Å². The molecule has 0 fully saturated rings. The molecule has 2 aliphatic heterocycles. The minimum absolute atomic E-state index is 0.0708. The van der Waals surface area contributed by atoms with Crippen LogP contribution in [0.25, 0.3) is 111 Å². The lowest BCUT2D eigenvalue weighted by Gasteiger charge is -2.45. The molecule has 4 aliphatic rings. The fraction of sp³-hybridized carbons (Fsp3) is 0.192. The highest BCUT2D eigenvalue weighted by atomic mass is 15.2. The Balaban J connectivity index is 0.864. The summed E-state index contributed by atoms with van der Waals surface area (Å²) >= 11 is 0. The maximum atomic E-state index is 2.64. The van der Waals surface area contributed by atoms with E-state index >= 15 is 0 Å². The van der Waals surface area contributed by atoms with Crippen molar-refractivity contribution in [2.24, 2.45) is 0 Å². The molecular weight excluding hydrogens is 1320 g/mol. The van der Waals surface area contributed by atoms with Crippen LogP contribution in [-0.4, -0.2) is 15.8 Å². The molecule has 0 spiro atoms. The van der Waals surface area contributed by atoms with Crippen LogP contribution < -0.4 is 26.2 Å². The normalized spacial score (nSPS) is 15.8. The molecule has 20 rings (SSSR count). The first-order chi connectivity index (χ1) is 52.6. The quantitative estimate of drug-likeness (QED) is 0.134. The van der Waals surface area contributed by atoms with Gasteiger partial charge in [-0.2, -0.15) is 0 Å². The summed E-state index contributed by atoms with van der Waals surface area (Å²) in [4.78, 5) is 5.28. The van der Waals surface area contributed by atoms with Crippen molar-refractivity contribution in [3.05, 3.63) is 331 Å². The molecule has 530 valence electrons. The Morgan fingerprint density at radius 3 is 1.12 bits per heavy atom. The van der Waals surface area contributed by atoms with Gasteiger partial charge < -0.3 is 18.9 Å². The van der Waals surface area contributed by atoms with Gasteiger partial charge in [0.2, 0.25) is 0 Å². The van der Waals surface area contributed by atoms with Crippen LogP contribution in [0, 0.1) is 0 Å². The second-order valence-electron chi connectivity index (χ2n) is 35.4. The molecule has 0 bridgehead atoms. The fourth-order valence-corrected chi connectivity index (χ4v) is 19.6. The first kappa shape index (κ1) is 66.8. The summed E-state index contributed by atoms with van der Waals surface area (Å²) < 4.78 is 5.08. The third-order valence-electron chi connectivity index (χ3n) is 25.8. The van der Waals surface area contributed by atoms with E-state index in [9.17, 15) is 0 Å². The van der Waals surface area contributed by atoms with E-state index in [1.54, 1.807) is 0 Å². The SMILES string of the molecule is CC(C)(C)c1ccccc1-c1ccc2c(c1)N(c1ccc(-c3ccc4c(c3)C(C)(C)CCC4(C)C)cc1)c1cc(-n3c4ccccc4c4ccccc43)cc3c1B2c1ccc(-n2c4ccc(-c5ccccc5)cc4c4cc(-c5ccccc5)ccc42)cc1N3c1ccc(-c2ccc3c(c2)C(C)(C)CCC3(C)C)cc1. The van der Waals surface area contributed by atoms with Gasteiger partial charge in [0.1, 0.15) is 0 Å². The lowest BCUT2D eigenvalue weighted by atomic mass is 9.33. The zero-order valence-electron chi connectivity index (χ0n) is 64.6. The first-order valence-electron chi connectivity index (χ1n) is 39.5. The van der Waals surface area contributed by atoms with E-state index in [-0.39, 0.29) is 33.8 Å². The summed E-state index contributed by atoms with van der Waals surface area (Å²) in [6.45, 7) is 26.3. The van der Waals surface area contributed by atoms with Crippen molar-refractivity contribution in [3.8, 4) is 67.0 Å². The molecular formula is C104H91BN4. The number of hydrogen-bond acceptors (Lipinski definition) is 2. The van der Waals surface area contributed by atoms with Gasteiger partial charge in [-0.1, -0.05) is 288 Å². The number of fused-ring (bicyclic) bond motifs is 12. The maximum absolute atomic E-state index is 2.64. The molecule has 2 aliphatic carbocycles. The van der Waals surface area contributed by atoms with E-state index in [0.29, 0.717) is 0 Å². The molecule has 0 unspecified atom stereocenters. The minimum atomic E-state index is -0.180. The Hall–Kier alpha value is -11.7. The number of hydrogen-bond donors (Lipinski definition) is 0. The van der Waals surface area contributed by atoms with Crippen molar-refractivity contribution in [1.82, 2.24) is 9.13 Å².